The molecule has 0 aliphatic carbocycles. The molecule has 2 rings (SSSR count). The molecule has 0 radical (unpaired) electrons. The summed E-state index contributed by atoms with van der Waals surface area (Å²) >= 11 is 0. The lowest BCUT2D eigenvalue weighted by atomic mass is 10.1. The fraction of sp³-hybridized carbons (Fsp3) is 0.429. The number of esters is 1. The maximum atomic E-state index is 11.9. The van der Waals surface area contributed by atoms with Gasteiger partial charge in [-0.25, -0.2) is 0 Å². The third-order valence-electron chi connectivity index (χ3n) is 2.90. The van der Waals surface area contributed by atoms with Crippen LogP contribution in [0.2, 0.25) is 0 Å². The molecule has 0 saturated heterocycles. The molecule has 0 spiro atoms. The Bertz CT molecular complexity index is 484. The molecule has 1 aliphatic rings. The maximum Gasteiger partial charge on any atom is 0.307 e. The largest absolute Gasteiger partial charge is 0.466 e. The number of fused-ring (bicyclic) bond motifs is 1. The maximum absolute atomic E-state index is 11.9. The number of nitrogens with one attached hydrogen (secondary N) is 1. The number of hydrogen-bond acceptors (Lipinski definition) is 4. The zero-order chi connectivity index (χ0) is 13.7. The highest BCUT2D eigenvalue weighted by molar-refractivity contribution is 5.94. The van der Waals surface area contributed by atoms with E-state index in [1.54, 1.807) is 13.0 Å². The molecule has 19 heavy (non-hydrogen) atoms. The molecule has 0 fully saturated rings. The number of hydrogen-bond donors (Lipinski definition) is 1. The van der Waals surface area contributed by atoms with Gasteiger partial charge in [-0.05, 0) is 30.2 Å². The Balaban J connectivity index is 1.85. The van der Waals surface area contributed by atoms with E-state index in [1.807, 2.05) is 12.1 Å². The van der Waals surface area contributed by atoms with E-state index < -0.39 is 0 Å². The lowest BCUT2D eigenvalue weighted by molar-refractivity contribution is -0.142. The van der Waals surface area contributed by atoms with Gasteiger partial charge in [0.25, 0.3) is 5.91 Å². The normalized spacial score (nSPS) is 12.9. The Morgan fingerprint density at radius 2 is 2.11 bits per heavy atom. The molecule has 1 N–H and O–H groups in total. The van der Waals surface area contributed by atoms with E-state index >= 15 is 0 Å². The first-order valence-electron chi connectivity index (χ1n) is 6.34. The van der Waals surface area contributed by atoms with Gasteiger partial charge in [-0.15, -0.1) is 0 Å². The summed E-state index contributed by atoms with van der Waals surface area (Å²) in [5.41, 5.74) is 2.77. The van der Waals surface area contributed by atoms with Crippen LogP contribution in [-0.4, -0.2) is 25.0 Å². The number of benzene rings is 1. The number of rotatable bonds is 5. The molecule has 1 aromatic carbocycles. The van der Waals surface area contributed by atoms with Crippen molar-refractivity contribution in [2.24, 2.45) is 0 Å². The van der Waals surface area contributed by atoms with Crippen LogP contribution in [0.1, 0.15) is 34.8 Å². The summed E-state index contributed by atoms with van der Waals surface area (Å²) in [6.45, 7) is 3.56. The Morgan fingerprint density at radius 1 is 1.32 bits per heavy atom. The van der Waals surface area contributed by atoms with Crippen molar-refractivity contribution in [3.63, 3.8) is 0 Å². The molecule has 1 aliphatic heterocycles. The minimum Gasteiger partial charge on any atom is -0.466 e. The molecule has 0 saturated carbocycles. The summed E-state index contributed by atoms with van der Waals surface area (Å²) in [7, 11) is 0. The highest BCUT2D eigenvalue weighted by Gasteiger charge is 2.14. The van der Waals surface area contributed by atoms with Crippen LogP contribution in [0.25, 0.3) is 0 Å². The predicted octanol–water partition coefficient (Wildman–Crippen LogP) is 1.40. The van der Waals surface area contributed by atoms with Crippen LogP contribution < -0.4 is 5.32 Å². The van der Waals surface area contributed by atoms with Crippen molar-refractivity contribution < 1.29 is 19.1 Å². The Morgan fingerprint density at radius 3 is 2.89 bits per heavy atom. The van der Waals surface area contributed by atoms with Gasteiger partial charge >= 0.3 is 5.97 Å². The lowest BCUT2D eigenvalue weighted by Crippen LogP contribution is -2.26. The lowest BCUT2D eigenvalue weighted by Gasteiger charge is -2.06. The molecule has 1 amide bonds. The van der Waals surface area contributed by atoms with Gasteiger partial charge in [-0.1, -0.05) is 6.07 Å². The van der Waals surface area contributed by atoms with E-state index in [0.717, 1.165) is 11.1 Å². The monoisotopic (exact) mass is 263 g/mol. The number of carbonyl (C=O) groups excluding carboxylic acids is 2. The summed E-state index contributed by atoms with van der Waals surface area (Å²) in [5.74, 6) is -0.482. The predicted molar refractivity (Wildman–Crippen MR) is 68.5 cm³/mol. The second kappa shape index (κ2) is 6.33. The summed E-state index contributed by atoms with van der Waals surface area (Å²) in [6.07, 6.45) is 0.188. The minimum atomic E-state index is -0.301. The van der Waals surface area contributed by atoms with Crippen molar-refractivity contribution >= 4 is 11.9 Å². The van der Waals surface area contributed by atoms with Crippen molar-refractivity contribution in [3.8, 4) is 0 Å². The summed E-state index contributed by atoms with van der Waals surface area (Å²) in [4.78, 5) is 23.0. The fourth-order valence-corrected chi connectivity index (χ4v) is 1.93. The molecule has 0 atom stereocenters. The first-order valence-corrected chi connectivity index (χ1v) is 6.34. The van der Waals surface area contributed by atoms with Crippen LogP contribution in [0.15, 0.2) is 18.2 Å². The van der Waals surface area contributed by atoms with Gasteiger partial charge in [0, 0.05) is 12.1 Å². The molecular weight excluding hydrogens is 246 g/mol. The van der Waals surface area contributed by atoms with Crippen LogP contribution in [0.4, 0.5) is 0 Å². The zero-order valence-electron chi connectivity index (χ0n) is 10.9. The van der Waals surface area contributed by atoms with Gasteiger partial charge in [0.2, 0.25) is 0 Å². The molecule has 0 aromatic heterocycles. The average Bonchev–Trinajstić information content (AvgIpc) is 2.86. The van der Waals surface area contributed by atoms with Gasteiger partial charge in [-0.2, -0.15) is 0 Å². The Hall–Kier alpha value is -1.88. The first kappa shape index (κ1) is 13.5. The fourth-order valence-electron chi connectivity index (χ4n) is 1.93. The van der Waals surface area contributed by atoms with Crippen molar-refractivity contribution in [3.05, 3.63) is 34.9 Å². The second-order valence-corrected chi connectivity index (χ2v) is 4.29. The molecule has 5 heteroatoms. The quantitative estimate of drug-likeness (QED) is 0.816. The summed E-state index contributed by atoms with van der Waals surface area (Å²) in [6, 6.07) is 5.51. The summed E-state index contributed by atoms with van der Waals surface area (Å²) in [5, 5.41) is 2.70. The molecule has 1 heterocycles. The van der Waals surface area contributed by atoms with Crippen LogP contribution >= 0.6 is 0 Å². The van der Waals surface area contributed by atoms with Crippen LogP contribution in [0.3, 0.4) is 0 Å². The third kappa shape index (κ3) is 3.54. The molecule has 0 bridgehead atoms. The third-order valence-corrected chi connectivity index (χ3v) is 2.90. The van der Waals surface area contributed by atoms with Gasteiger partial charge in [0.15, 0.2) is 0 Å². The van der Waals surface area contributed by atoms with Gasteiger partial charge < -0.3 is 14.8 Å². The second-order valence-electron chi connectivity index (χ2n) is 4.29. The molecule has 0 unspecified atom stereocenters. The van der Waals surface area contributed by atoms with Crippen molar-refractivity contribution in [1.82, 2.24) is 5.32 Å². The van der Waals surface area contributed by atoms with Gasteiger partial charge in [0.05, 0.1) is 26.2 Å². The molecular formula is C14H17NO4. The Kier molecular flexibility index (Phi) is 4.52. The van der Waals surface area contributed by atoms with E-state index in [9.17, 15) is 9.59 Å². The summed E-state index contributed by atoms with van der Waals surface area (Å²) < 4.78 is 10.1. The number of carbonyl (C=O) groups is 2. The minimum absolute atomic E-state index is 0.181. The van der Waals surface area contributed by atoms with Crippen LogP contribution in [0.5, 0.6) is 0 Å². The highest BCUT2D eigenvalue weighted by Crippen LogP contribution is 2.20. The van der Waals surface area contributed by atoms with Crippen molar-refractivity contribution in [1.29, 1.82) is 0 Å². The average molecular weight is 263 g/mol. The van der Waals surface area contributed by atoms with Gasteiger partial charge in [-0.3, -0.25) is 9.59 Å². The standard InChI is InChI=1S/C14H17NO4/c1-2-19-13(16)5-6-15-14(17)10-3-4-11-8-18-9-12(11)7-10/h3-4,7H,2,5-6,8-9H2,1H3,(H,15,17). The van der Waals surface area contributed by atoms with E-state index in [-0.39, 0.29) is 24.8 Å². The van der Waals surface area contributed by atoms with E-state index in [4.69, 9.17) is 9.47 Å². The number of ether oxygens (including phenoxy) is 2. The highest BCUT2D eigenvalue weighted by atomic mass is 16.5. The van der Waals surface area contributed by atoms with Crippen molar-refractivity contribution in [2.75, 3.05) is 13.2 Å². The first-order chi connectivity index (χ1) is 9.20. The molecule has 5 nitrogen and oxygen atoms in total. The smallest absolute Gasteiger partial charge is 0.307 e. The van der Waals surface area contributed by atoms with Crippen LogP contribution in [-0.2, 0) is 27.5 Å². The molecule has 1 aromatic rings. The van der Waals surface area contributed by atoms with Gasteiger partial charge in [0.1, 0.15) is 0 Å². The molecule has 102 valence electrons. The van der Waals surface area contributed by atoms with Crippen LogP contribution in [0, 0.1) is 0 Å². The van der Waals surface area contributed by atoms with Crippen molar-refractivity contribution in [2.45, 2.75) is 26.6 Å². The number of amides is 1. The van der Waals surface area contributed by atoms with E-state index in [1.165, 1.54) is 0 Å². The topological polar surface area (TPSA) is 64.6 Å². The Labute approximate surface area is 111 Å². The zero-order valence-corrected chi connectivity index (χ0v) is 10.9. The van der Waals surface area contributed by atoms with E-state index in [2.05, 4.69) is 5.32 Å². The van der Waals surface area contributed by atoms with E-state index in [0.29, 0.717) is 25.4 Å². The SMILES string of the molecule is CCOC(=O)CCNC(=O)c1ccc2c(c1)COC2.